The molecule has 0 aromatic carbocycles. The van der Waals surface area contributed by atoms with Crippen molar-refractivity contribution in [1.82, 2.24) is 12.5 Å². The Labute approximate surface area is 81.1 Å². The Hall–Kier alpha value is -1.05. The molecule has 2 aliphatic heterocycles. The Morgan fingerprint density at radius 3 is 3.00 bits per heavy atom. The van der Waals surface area contributed by atoms with E-state index in [1.807, 2.05) is 22.9 Å². The van der Waals surface area contributed by atoms with Gasteiger partial charge in [0.1, 0.15) is 5.69 Å². The molecule has 2 heterocycles. The van der Waals surface area contributed by atoms with Crippen LogP contribution in [0.5, 0.6) is 0 Å². The van der Waals surface area contributed by atoms with Crippen molar-refractivity contribution in [1.29, 1.82) is 0 Å². The Balaban J connectivity index is 2.92. The molecule has 1 N–H and O–H groups in total. The van der Waals surface area contributed by atoms with Crippen LogP contribution >= 0.6 is 22.9 Å². The molecule has 0 saturated carbocycles. The van der Waals surface area contributed by atoms with E-state index < -0.39 is 0 Å². The molecule has 0 saturated heterocycles. The summed E-state index contributed by atoms with van der Waals surface area (Å²) in [5.74, 6) is 0.275. The van der Waals surface area contributed by atoms with Crippen LogP contribution in [0, 0.1) is 0 Å². The van der Waals surface area contributed by atoms with Crippen LogP contribution in [0.3, 0.4) is 0 Å². The summed E-state index contributed by atoms with van der Waals surface area (Å²) in [4.78, 5) is 14.6. The first-order chi connectivity index (χ1) is 5.70. The third kappa shape index (κ3) is 0.909. The zero-order chi connectivity index (χ0) is 8.72. The first-order valence-electron chi connectivity index (χ1n) is 3.15. The van der Waals surface area contributed by atoms with Crippen molar-refractivity contribution >= 4 is 22.9 Å². The van der Waals surface area contributed by atoms with Crippen LogP contribution in [0.4, 0.5) is 0 Å². The molecule has 0 radical (unpaired) electrons. The fraction of sp³-hybridized carbons (Fsp3) is 0. The largest absolute Gasteiger partial charge is 0.427 e. The van der Waals surface area contributed by atoms with Crippen LogP contribution in [-0.4, -0.2) is 17.7 Å². The third-order valence-electron chi connectivity index (χ3n) is 1.51. The number of hydrogen-bond donors (Lipinski definition) is 1. The van der Waals surface area contributed by atoms with Gasteiger partial charge in [0.15, 0.2) is 5.82 Å². The minimum Gasteiger partial charge on any atom is -0.427 e. The molecule has 0 aliphatic carbocycles. The number of aromatic nitrogens is 3. The lowest BCUT2D eigenvalue weighted by Crippen LogP contribution is -2.06. The highest BCUT2D eigenvalue weighted by atomic mass is 127. The summed E-state index contributed by atoms with van der Waals surface area (Å²) in [5.41, 5.74) is 0.227. The van der Waals surface area contributed by atoms with Gasteiger partial charge in [-0.15, -0.1) is 0 Å². The Kier molecular flexibility index (Phi) is 1.56. The Morgan fingerprint density at radius 2 is 2.33 bits per heavy atom. The predicted octanol–water partition coefficient (Wildman–Crippen LogP) is 0.585. The average molecular weight is 277 g/mol. The highest BCUT2D eigenvalue weighted by Crippen LogP contribution is 2.17. The zero-order valence-corrected chi connectivity index (χ0v) is 7.96. The normalized spacial score (nSPS) is 10.8. The minimum atomic E-state index is -0.375. The molecule has 12 heavy (non-hydrogen) atoms. The van der Waals surface area contributed by atoms with E-state index in [0.717, 1.165) is 4.73 Å². The lowest BCUT2D eigenvalue weighted by molar-refractivity contribution is 0.186. The van der Waals surface area contributed by atoms with Crippen LogP contribution in [0.25, 0.3) is 11.5 Å². The second-order valence-electron chi connectivity index (χ2n) is 2.24. The van der Waals surface area contributed by atoms with Gasteiger partial charge in [-0.25, -0.2) is 7.58 Å². The van der Waals surface area contributed by atoms with Crippen molar-refractivity contribution < 1.29 is 5.21 Å². The summed E-state index contributed by atoms with van der Waals surface area (Å²) in [7, 11) is 0. The molecule has 5 nitrogen and oxygen atoms in total. The van der Waals surface area contributed by atoms with E-state index in [2.05, 4.69) is 4.98 Å². The van der Waals surface area contributed by atoms with Gasteiger partial charge in [-0.2, -0.15) is 9.71 Å². The molecule has 0 atom stereocenters. The lowest BCUT2D eigenvalue weighted by atomic mass is 10.3. The van der Waals surface area contributed by atoms with Crippen molar-refractivity contribution in [3.63, 3.8) is 0 Å². The molecular weight excluding hydrogens is 273 g/mol. The molecule has 0 fully saturated rings. The van der Waals surface area contributed by atoms with Gasteiger partial charge in [-0.3, -0.25) is 0 Å². The van der Waals surface area contributed by atoms with Crippen molar-refractivity contribution in [3.8, 4) is 11.5 Å². The van der Waals surface area contributed by atoms with Gasteiger partial charge in [0, 0.05) is 6.20 Å². The number of halogens is 1. The van der Waals surface area contributed by atoms with Crippen LogP contribution in [0.15, 0.2) is 23.1 Å². The van der Waals surface area contributed by atoms with Gasteiger partial charge in [0.05, 0.1) is 22.9 Å². The predicted molar refractivity (Wildman–Crippen MR) is 49.7 cm³/mol. The SMILES string of the molecule is O=c1nc2n(O)cccc-2n1I. The average Bonchev–Trinajstić information content (AvgIpc) is 2.32. The molecule has 6 heteroatoms. The molecule has 2 aliphatic rings. The Morgan fingerprint density at radius 1 is 1.58 bits per heavy atom. The molecule has 0 amide bonds. The maximum absolute atomic E-state index is 11.0. The third-order valence-corrected chi connectivity index (χ3v) is 2.44. The fourth-order valence-electron chi connectivity index (χ4n) is 0.977. The maximum Gasteiger partial charge on any atom is 0.359 e. The maximum atomic E-state index is 11.0. The van der Waals surface area contributed by atoms with E-state index in [9.17, 15) is 10.0 Å². The van der Waals surface area contributed by atoms with E-state index in [0.29, 0.717) is 5.69 Å². The summed E-state index contributed by atoms with van der Waals surface area (Å²) >= 11 is 1.83. The number of fused-ring (bicyclic) bond motifs is 1. The molecule has 0 aromatic heterocycles. The summed E-state index contributed by atoms with van der Waals surface area (Å²) in [6, 6.07) is 3.35. The highest BCUT2D eigenvalue weighted by Gasteiger charge is 2.14. The monoisotopic (exact) mass is 277 g/mol. The van der Waals surface area contributed by atoms with Gasteiger partial charge in [0.2, 0.25) is 0 Å². The number of nitrogens with zero attached hydrogens (tertiary/aromatic N) is 3. The van der Waals surface area contributed by atoms with E-state index in [-0.39, 0.29) is 11.5 Å². The van der Waals surface area contributed by atoms with E-state index in [1.54, 1.807) is 12.1 Å². The van der Waals surface area contributed by atoms with Crippen molar-refractivity contribution in [2.24, 2.45) is 0 Å². The minimum absolute atomic E-state index is 0.275. The molecule has 0 bridgehead atoms. The lowest BCUT2D eigenvalue weighted by Gasteiger charge is -2.01. The smallest absolute Gasteiger partial charge is 0.359 e. The standard InChI is InChI=1S/C6H4IN3O2/c7-10-4-2-1-3-9(12)5(4)8-6(10)11/h1-3,12H. The zero-order valence-electron chi connectivity index (χ0n) is 5.81. The van der Waals surface area contributed by atoms with Crippen LogP contribution in [0.2, 0.25) is 0 Å². The summed E-state index contributed by atoms with van der Waals surface area (Å²) in [6.45, 7) is 0. The topological polar surface area (TPSA) is 60.1 Å². The molecule has 0 unspecified atom stereocenters. The first kappa shape index (κ1) is 7.59. The van der Waals surface area contributed by atoms with E-state index >= 15 is 0 Å². The number of pyridine rings is 1. The molecule has 0 spiro atoms. The first-order valence-corrected chi connectivity index (χ1v) is 4.12. The fourth-order valence-corrected chi connectivity index (χ4v) is 1.46. The number of imidazole rings is 1. The molecule has 2 rings (SSSR count). The van der Waals surface area contributed by atoms with E-state index in [1.165, 1.54) is 8.98 Å². The van der Waals surface area contributed by atoms with Crippen LogP contribution < -0.4 is 5.69 Å². The molecule has 62 valence electrons. The quantitative estimate of drug-likeness (QED) is 0.566. The van der Waals surface area contributed by atoms with Crippen LogP contribution in [0.1, 0.15) is 0 Å². The number of rotatable bonds is 0. The van der Waals surface area contributed by atoms with Crippen molar-refractivity contribution in [2.45, 2.75) is 0 Å². The van der Waals surface area contributed by atoms with Crippen LogP contribution in [-0.2, 0) is 0 Å². The summed E-state index contributed by atoms with van der Waals surface area (Å²) < 4.78 is 2.17. The van der Waals surface area contributed by atoms with Crippen molar-refractivity contribution in [2.75, 3.05) is 0 Å². The number of hydrogen-bond acceptors (Lipinski definition) is 3. The van der Waals surface area contributed by atoms with Gasteiger partial charge < -0.3 is 5.21 Å². The van der Waals surface area contributed by atoms with Gasteiger partial charge >= 0.3 is 5.69 Å². The summed E-state index contributed by atoms with van der Waals surface area (Å²) in [6.07, 6.45) is 1.42. The molecular formula is C6H4IN3O2. The molecule has 0 aromatic rings. The van der Waals surface area contributed by atoms with E-state index in [4.69, 9.17) is 0 Å². The Bertz CT molecular complexity index is 447. The second kappa shape index (κ2) is 2.47. The highest BCUT2D eigenvalue weighted by molar-refractivity contribution is 14.1. The second-order valence-corrected chi connectivity index (χ2v) is 3.20. The van der Waals surface area contributed by atoms with Gasteiger partial charge in [-0.05, 0) is 12.1 Å². The van der Waals surface area contributed by atoms with Crippen molar-refractivity contribution in [3.05, 3.63) is 28.8 Å². The van der Waals surface area contributed by atoms with Gasteiger partial charge in [-0.1, -0.05) is 0 Å². The summed E-state index contributed by atoms with van der Waals surface area (Å²) in [5, 5.41) is 9.21. The van der Waals surface area contributed by atoms with Gasteiger partial charge in [0.25, 0.3) is 0 Å².